The zero-order valence-electron chi connectivity index (χ0n) is 10.3. The number of halogens is 1. The predicted molar refractivity (Wildman–Crippen MR) is 68.8 cm³/mol. The van der Waals surface area contributed by atoms with Gasteiger partial charge in [0, 0.05) is 17.1 Å². The maximum atomic E-state index is 9.69. The highest BCUT2D eigenvalue weighted by Gasteiger charge is 2.23. The minimum Gasteiger partial charge on any atom is -0.389 e. The highest BCUT2D eigenvalue weighted by molar-refractivity contribution is 6.30. The SMILES string of the molecule is CC(C)(O)CNC(C)(C)c1ccc(Cl)cc1. The third-order valence-electron chi connectivity index (χ3n) is 2.53. The van der Waals surface area contributed by atoms with Gasteiger partial charge in [-0.15, -0.1) is 0 Å². The summed E-state index contributed by atoms with van der Waals surface area (Å²) < 4.78 is 0. The standard InChI is InChI=1S/C13H20ClNO/c1-12(2,16)9-15-13(3,4)10-5-7-11(14)8-6-10/h5-8,15-16H,9H2,1-4H3. The molecule has 0 fully saturated rings. The Kier molecular flexibility index (Phi) is 4.00. The summed E-state index contributed by atoms with van der Waals surface area (Å²) in [4.78, 5) is 0. The molecule has 0 aromatic heterocycles. The van der Waals surface area contributed by atoms with Gasteiger partial charge in [0.2, 0.25) is 0 Å². The van der Waals surface area contributed by atoms with Gasteiger partial charge in [-0.2, -0.15) is 0 Å². The summed E-state index contributed by atoms with van der Waals surface area (Å²) in [5.74, 6) is 0. The molecule has 0 bridgehead atoms. The lowest BCUT2D eigenvalue weighted by atomic mass is 9.93. The van der Waals surface area contributed by atoms with Gasteiger partial charge in [-0.1, -0.05) is 23.7 Å². The molecule has 0 aliphatic heterocycles. The van der Waals surface area contributed by atoms with Crippen LogP contribution in [0, 0.1) is 0 Å². The van der Waals surface area contributed by atoms with Crippen molar-refractivity contribution in [2.75, 3.05) is 6.54 Å². The highest BCUT2D eigenvalue weighted by Crippen LogP contribution is 2.22. The Labute approximate surface area is 103 Å². The van der Waals surface area contributed by atoms with Crippen molar-refractivity contribution < 1.29 is 5.11 Å². The van der Waals surface area contributed by atoms with Crippen LogP contribution in [0.4, 0.5) is 0 Å². The van der Waals surface area contributed by atoms with Crippen molar-refractivity contribution >= 4 is 11.6 Å². The lowest BCUT2D eigenvalue weighted by Crippen LogP contribution is -2.44. The van der Waals surface area contributed by atoms with Crippen LogP contribution in [-0.4, -0.2) is 17.3 Å². The zero-order chi connectivity index (χ0) is 12.4. The van der Waals surface area contributed by atoms with Crippen LogP contribution < -0.4 is 5.32 Å². The summed E-state index contributed by atoms with van der Waals surface area (Å²) in [6, 6.07) is 7.76. The van der Waals surface area contributed by atoms with Crippen molar-refractivity contribution in [2.24, 2.45) is 0 Å². The Hall–Kier alpha value is -0.570. The fourth-order valence-corrected chi connectivity index (χ4v) is 1.53. The number of aliphatic hydroxyl groups is 1. The summed E-state index contributed by atoms with van der Waals surface area (Å²) in [5.41, 5.74) is 0.273. The van der Waals surface area contributed by atoms with E-state index in [1.165, 1.54) is 0 Å². The highest BCUT2D eigenvalue weighted by atomic mass is 35.5. The summed E-state index contributed by atoms with van der Waals surface area (Å²) in [5, 5.41) is 13.8. The lowest BCUT2D eigenvalue weighted by molar-refractivity contribution is 0.0710. The average Bonchev–Trinajstić information content (AvgIpc) is 2.15. The number of hydrogen-bond acceptors (Lipinski definition) is 2. The van der Waals surface area contributed by atoms with E-state index in [9.17, 15) is 5.11 Å². The Balaban J connectivity index is 2.73. The van der Waals surface area contributed by atoms with Crippen LogP contribution in [0.3, 0.4) is 0 Å². The van der Waals surface area contributed by atoms with E-state index in [2.05, 4.69) is 19.2 Å². The second-order valence-electron chi connectivity index (χ2n) is 5.30. The topological polar surface area (TPSA) is 32.3 Å². The summed E-state index contributed by atoms with van der Waals surface area (Å²) >= 11 is 5.85. The molecule has 1 aromatic rings. The van der Waals surface area contributed by atoms with Gasteiger partial charge in [-0.3, -0.25) is 0 Å². The van der Waals surface area contributed by atoms with E-state index in [1.54, 1.807) is 13.8 Å². The van der Waals surface area contributed by atoms with Gasteiger partial charge < -0.3 is 10.4 Å². The van der Waals surface area contributed by atoms with E-state index in [0.717, 1.165) is 10.6 Å². The van der Waals surface area contributed by atoms with Gasteiger partial charge in [0.1, 0.15) is 0 Å². The first kappa shape index (κ1) is 13.5. The minimum atomic E-state index is -0.705. The van der Waals surface area contributed by atoms with Crippen LogP contribution in [0.5, 0.6) is 0 Å². The van der Waals surface area contributed by atoms with Crippen LogP contribution in [0.25, 0.3) is 0 Å². The Morgan fingerprint density at radius 3 is 2.06 bits per heavy atom. The fourth-order valence-electron chi connectivity index (χ4n) is 1.41. The normalized spacial score (nSPS) is 12.9. The van der Waals surface area contributed by atoms with Gasteiger partial charge >= 0.3 is 0 Å². The van der Waals surface area contributed by atoms with Gasteiger partial charge in [-0.25, -0.2) is 0 Å². The van der Waals surface area contributed by atoms with Crippen molar-refractivity contribution in [1.82, 2.24) is 5.32 Å². The molecule has 0 atom stereocenters. The Bertz CT molecular complexity index is 338. The van der Waals surface area contributed by atoms with Crippen molar-refractivity contribution in [3.63, 3.8) is 0 Å². The first-order valence-electron chi connectivity index (χ1n) is 5.44. The van der Waals surface area contributed by atoms with Crippen molar-refractivity contribution in [3.8, 4) is 0 Å². The Morgan fingerprint density at radius 1 is 1.12 bits per heavy atom. The molecule has 1 aromatic carbocycles. The van der Waals surface area contributed by atoms with E-state index in [-0.39, 0.29) is 5.54 Å². The van der Waals surface area contributed by atoms with E-state index in [1.807, 2.05) is 24.3 Å². The maximum Gasteiger partial charge on any atom is 0.0715 e. The van der Waals surface area contributed by atoms with Crippen LogP contribution in [0.2, 0.25) is 5.02 Å². The third kappa shape index (κ3) is 4.12. The quantitative estimate of drug-likeness (QED) is 0.850. The Morgan fingerprint density at radius 2 is 1.62 bits per heavy atom. The average molecular weight is 242 g/mol. The van der Waals surface area contributed by atoms with Gasteiger partial charge in [-0.05, 0) is 45.4 Å². The molecular formula is C13H20ClNO. The largest absolute Gasteiger partial charge is 0.389 e. The lowest BCUT2D eigenvalue weighted by Gasteiger charge is -2.30. The molecule has 0 unspecified atom stereocenters. The maximum absolute atomic E-state index is 9.69. The molecule has 0 saturated carbocycles. The van der Waals surface area contributed by atoms with Gasteiger partial charge in [0.25, 0.3) is 0 Å². The van der Waals surface area contributed by atoms with E-state index >= 15 is 0 Å². The number of hydrogen-bond donors (Lipinski definition) is 2. The smallest absolute Gasteiger partial charge is 0.0715 e. The third-order valence-corrected chi connectivity index (χ3v) is 2.78. The first-order chi connectivity index (χ1) is 7.21. The zero-order valence-corrected chi connectivity index (χ0v) is 11.1. The molecule has 0 heterocycles. The molecule has 2 N–H and O–H groups in total. The van der Waals surface area contributed by atoms with E-state index in [0.29, 0.717) is 6.54 Å². The van der Waals surface area contributed by atoms with Crippen molar-refractivity contribution in [1.29, 1.82) is 0 Å². The second-order valence-corrected chi connectivity index (χ2v) is 5.73. The fraction of sp³-hybridized carbons (Fsp3) is 0.538. The summed E-state index contributed by atoms with van der Waals surface area (Å²) in [7, 11) is 0. The minimum absolute atomic E-state index is 0.176. The van der Waals surface area contributed by atoms with Crippen molar-refractivity contribution in [3.05, 3.63) is 34.9 Å². The molecule has 0 spiro atoms. The summed E-state index contributed by atoms with van der Waals surface area (Å²) in [6.07, 6.45) is 0. The number of benzene rings is 1. The molecule has 3 heteroatoms. The van der Waals surface area contributed by atoms with Crippen LogP contribution in [0.1, 0.15) is 33.3 Å². The molecule has 16 heavy (non-hydrogen) atoms. The van der Waals surface area contributed by atoms with Crippen LogP contribution >= 0.6 is 11.6 Å². The molecule has 2 nitrogen and oxygen atoms in total. The van der Waals surface area contributed by atoms with Crippen LogP contribution in [0.15, 0.2) is 24.3 Å². The predicted octanol–water partition coefficient (Wildman–Crippen LogP) is 2.94. The molecule has 0 radical (unpaired) electrons. The molecule has 90 valence electrons. The van der Waals surface area contributed by atoms with Gasteiger partial charge in [0.05, 0.1) is 5.60 Å². The molecule has 1 rings (SSSR count). The molecule has 0 aliphatic rings. The number of rotatable bonds is 4. The first-order valence-corrected chi connectivity index (χ1v) is 5.82. The molecule has 0 amide bonds. The molecular weight excluding hydrogens is 222 g/mol. The van der Waals surface area contributed by atoms with Crippen molar-refractivity contribution in [2.45, 2.75) is 38.8 Å². The van der Waals surface area contributed by atoms with E-state index < -0.39 is 5.60 Å². The number of nitrogens with one attached hydrogen (secondary N) is 1. The summed E-state index contributed by atoms with van der Waals surface area (Å²) in [6.45, 7) is 8.29. The monoisotopic (exact) mass is 241 g/mol. The molecule has 0 saturated heterocycles. The van der Waals surface area contributed by atoms with Crippen LogP contribution in [-0.2, 0) is 5.54 Å². The second kappa shape index (κ2) is 4.74. The van der Waals surface area contributed by atoms with Gasteiger partial charge in [0.15, 0.2) is 0 Å². The molecule has 0 aliphatic carbocycles. The van der Waals surface area contributed by atoms with E-state index in [4.69, 9.17) is 11.6 Å².